The minimum Gasteiger partial charge on any atom is -0.493 e. The fourth-order valence-electron chi connectivity index (χ4n) is 2.25. The minimum atomic E-state index is -0.503. The Morgan fingerprint density at radius 3 is 2.29 bits per heavy atom. The third-order valence-corrected chi connectivity index (χ3v) is 3.52. The van der Waals surface area contributed by atoms with Crippen molar-refractivity contribution in [2.75, 3.05) is 14.2 Å². The summed E-state index contributed by atoms with van der Waals surface area (Å²) >= 11 is 6.17. The van der Waals surface area contributed by atoms with E-state index in [0.29, 0.717) is 22.1 Å². The van der Waals surface area contributed by atoms with Gasteiger partial charge in [-0.05, 0) is 47.9 Å². The molecule has 2 rings (SSSR count). The minimum absolute atomic E-state index is 0.313. The lowest BCUT2D eigenvalue weighted by atomic mass is 9.97. The van der Waals surface area contributed by atoms with Crippen LogP contribution in [0.25, 0.3) is 0 Å². The number of halogens is 2. The number of hydrogen-bond donors (Lipinski definition) is 1. The first-order valence-electron chi connectivity index (χ1n) is 6.40. The van der Waals surface area contributed by atoms with E-state index in [-0.39, 0.29) is 5.82 Å². The van der Waals surface area contributed by atoms with Crippen LogP contribution in [0.3, 0.4) is 0 Å². The van der Waals surface area contributed by atoms with Crippen molar-refractivity contribution in [2.45, 2.75) is 13.0 Å². The number of aryl methyl sites for hydroxylation is 1. The molecular weight excluding hydrogens is 293 g/mol. The molecule has 0 saturated carbocycles. The predicted octanol–water partition coefficient (Wildman–Crippen LogP) is 3.85. The first-order chi connectivity index (χ1) is 9.96. The Kier molecular flexibility index (Phi) is 4.70. The fourth-order valence-corrected chi connectivity index (χ4v) is 2.55. The molecule has 1 atom stereocenters. The van der Waals surface area contributed by atoms with Crippen molar-refractivity contribution < 1.29 is 13.9 Å². The molecule has 5 heteroatoms. The Hall–Kier alpha value is -1.78. The van der Waals surface area contributed by atoms with Crippen molar-refractivity contribution in [2.24, 2.45) is 5.73 Å². The smallest absolute Gasteiger partial charge is 0.179 e. The average Bonchev–Trinajstić information content (AvgIpc) is 2.44. The highest BCUT2D eigenvalue weighted by atomic mass is 35.5. The highest BCUT2D eigenvalue weighted by Gasteiger charge is 2.17. The molecule has 0 spiro atoms. The highest BCUT2D eigenvalue weighted by molar-refractivity contribution is 6.32. The van der Waals surface area contributed by atoms with E-state index in [1.54, 1.807) is 12.1 Å². The second kappa shape index (κ2) is 6.33. The SMILES string of the molecule is COc1cc(C(N)c2cc(C)cc(F)c2)cc(Cl)c1OC. The van der Waals surface area contributed by atoms with Crippen molar-refractivity contribution in [3.8, 4) is 11.5 Å². The van der Waals surface area contributed by atoms with Crippen LogP contribution in [-0.4, -0.2) is 14.2 Å². The topological polar surface area (TPSA) is 44.5 Å². The van der Waals surface area contributed by atoms with E-state index in [1.807, 2.05) is 13.0 Å². The van der Waals surface area contributed by atoms with Crippen LogP contribution in [0.15, 0.2) is 30.3 Å². The summed E-state index contributed by atoms with van der Waals surface area (Å²) in [7, 11) is 3.04. The third kappa shape index (κ3) is 3.28. The summed E-state index contributed by atoms with van der Waals surface area (Å²) in [5.74, 6) is 0.626. The molecule has 0 bridgehead atoms. The molecule has 0 saturated heterocycles. The van der Waals surface area contributed by atoms with E-state index in [9.17, 15) is 4.39 Å². The van der Waals surface area contributed by atoms with Crippen molar-refractivity contribution in [3.05, 3.63) is 57.9 Å². The fraction of sp³-hybridized carbons (Fsp3) is 0.250. The van der Waals surface area contributed by atoms with Gasteiger partial charge in [0.15, 0.2) is 11.5 Å². The lowest BCUT2D eigenvalue weighted by Gasteiger charge is -2.17. The van der Waals surface area contributed by atoms with E-state index in [4.69, 9.17) is 26.8 Å². The summed E-state index contributed by atoms with van der Waals surface area (Å²) in [6, 6.07) is 7.67. The molecule has 2 aromatic rings. The van der Waals surface area contributed by atoms with Gasteiger partial charge < -0.3 is 15.2 Å². The summed E-state index contributed by atoms with van der Waals surface area (Å²) in [6.45, 7) is 1.82. The third-order valence-electron chi connectivity index (χ3n) is 3.24. The standard InChI is InChI=1S/C16H17ClFNO2/c1-9-4-10(6-12(18)5-9)15(19)11-7-13(17)16(21-3)14(8-11)20-2/h4-8,15H,19H2,1-3H3. The van der Waals surface area contributed by atoms with Crippen LogP contribution < -0.4 is 15.2 Å². The molecule has 21 heavy (non-hydrogen) atoms. The first-order valence-corrected chi connectivity index (χ1v) is 6.78. The van der Waals surface area contributed by atoms with E-state index in [2.05, 4.69) is 0 Å². The second-order valence-electron chi connectivity index (χ2n) is 4.78. The molecule has 0 fully saturated rings. The quantitative estimate of drug-likeness (QED) is 0.933. The Morgan fingerprint density at radius 1 is 1.05 bits per heavy atom. The van der Waals surface area contributed by atoms with Gasteiger partial charge in [0, 0.05) is 0 Å². The molecule has 2 N–H and O–H groups in total. The number of hydrogen-bond acceptors (Lipinski definition) is 3. The van der Waals surface area contributed by atoms with Gasteiger partial charge in [0.1, 0.15) is 5.82 Å². The van der Waals surface area contributed by atoms with Gasteiger partial charge in [0.05, 0.1) is 25.3 Å². The molecule has 3 nitrogen and oxygen atoms in total. The van der Waals surface area contributed by atoms with Crippen molar-refractivity contribution in [1.29, 1.82) is 0 Å². The van der Waals surface area contributed by atoms with Gasteiger partial charge in [-0.25, -0.2) is 4.39 Å². The number of benzene rings is 2. The normalized spacial score (nSPS) is 12.1. The van der Waals surface area contributed by atoms with Gasteiger partial charge >= 0.3 is 0 Å². The van der Waals surface area contributed by atoms with Gasteiger partial charge in [-0.2, -0.15) is 0 Å². The van der Waals surface area contributed by atoms with Gasteiger partial charge in [0.25, 0.3) is 0 Å². The van der Waals surface area contributed by atoms with Crippen molar-refractivity contribution in [1.82, 2.24) is 0 Å². The summed E-state index contributed by atoms with van der Waals surface area (Å²) in [5.41, 5.74) is 8.43. The van der Waals surface area contributed by atoms with Crippen LogP contribution in [0, 0.1) is 12.7 Å². The Labute approximate surface area is 128 Å². The molecule has 0 aliphatic carbocycles. The molecule has 112 valence electrons. The number of nitrogens with two attached hydrogens (primary N) is 1. The Morgan fingerprint density at radius 2 is 1.71 bits per heavy atom. The molecule has 0 amide bonds. The zero-order valence-corrected chi connectivity index (χ0v) is 12.9. The second-order valence-corrected chi connectivity index (χ2v) is 5.19. The zero-order valence-electron chi connectivity index (χ0n) is 12.1. The van der Waals surface area contributed by atoms with Crippen LogP contribution in [0.1, 0.15) is 22.7 Å². The predicted molar refractivity (Wildman–Crippen MR) is 81.7 cm³/mol. The van der Waals surface area contributed by atoms with Gasteiger partial charge in [-0.1, -0.05) is 17.7 Å². The van der Waals surface area contributed by atoms with Crippen molar-refractivity contribution >= 4 is 11.6 Å². The van der Waals surface area contributed by atoms with E-state index in [1.165, 1.54) is 26.4 Å². The van der Waals surface area contributed by atoms with E-state index >= 15 is 0 Å². The largest absolute Gasteiger partial charge is 0.493 e. The summed E-state index contributed by atoms with van der Waals surface area (Å²) in [5, 5.41) is 0.399. The van der Waals surface area contributed by atoms with Gasteiger partial charge in [-0.15, -0.1) is 0 Å². The van der Waals surface area contributed by atoms with E-state index in [0.717, 1.165) is 11.1 Å². The Bertz CT molecular complexity index is 641. The van der Waals surface area contributed by atoms with Crippen LogP contribution in [0.4, 0.5) is 4.39 Å². The highest BCUT2D eigenvalue weighted by Crippen LogP contribution is 2.38. The first kappa shape index (κ1) is 15.6. The zero-order chi connectivity index (χ0) is 15.6. The van der Waals surface area contributed by atoms with Crippen LogP contribution in [-0.2, 0) is 0 Å². The maximum Gasteiger partial charge on any atom is 0.179 e. The van der Waals surface area contributed by atoms with Crippen LogP contribution >= 0.6 is 11.6 Å². The number of rotatable bonds is 4. The monoisotopic (exact) mass is 309 g/mol. The number of methoxy groups -OCH3 is 2. The molecule has 0 aliphatic heterocycles. The van der Waals surface area contributed by atoms with E-state index < -0.39 is 6.04 Å². The van der Waals surface area contributed by atoms with Gasteiger partial charge in [0.2, 0.25) is 0 Å². The molecule has 2 aromatic carbocycles. The maximum atomic E-state index is 13.5. The number of ether oxygens (including phenoxy) is 2. The lowest BCUT2D eigenvalue weighted by Crippen LogP contribution is -2.13. The van der Waals surface area contributed by atoms with Crippen molar-refractivity contribution in [3.63, 3.8) is 0 Å². The summed E-state index contributed by atoms with van der Waals surface area (Å²) < 4.78 is 24.0. The Balaban J connectivity index is 2.48. The molecular formula is C16H17ClFNO2. The molecule has 1 unspecified atom stereocenters. The molecule has 0 radical (unpaired) electrons. The van der Waals surface area contributed by atoms with Crippen LogP contribution in [0.5, 0.6) is 11.5 Å². The maximum absolute atomic E-state index is 13.5. The lowest BCUT2D eigenvalue weighted by molar-refractivity contribution is 0.354. The average molecular weight is 310 g/mol. The molecule has 0 aliphatic rings. The summed E-state index contributed by atoms with van der Waals surface area (Å²) in [4.78, 5) is 0. The van der Waals surface area contributed by atoms with Gasteiger partial charge in [-0.3, -0.25) is 0 Å². The molecule has 0 heterocycles. The molecule has 0 aromatic heterocycles. The van der Waals surface area contributed by atoms with Crippen LogP contribution in [0.2, 0.25) is 5.02 Å². The summed E-state index contributed by atoms with van der Waals surface area (Å²) in [6.07, 6.45) is 0.